The number of carbonyl (C=O) groups excluding carboxylic acids is 1. The molecule has 0 aliphatic rings. The molecule has 7 nitrogen and oxygen atoms in total. The van der Waals surface area contributed by atoms with E-state index in [0.29, 0.717) is 6.54 Å². The van der Waals surface area contributed by atoms with Crippen LogP contribution < -0.4 is 14.8 Å². The van der Waals surface area contributed by atoms with Crippen molar-refractivity contribution in [2.24, 2.45) is 0 Å². The van der Waals surface area contributed by atoms with Crippen molar-refractivity contribution < 1.29 is 14.3 Å². The zero-order valence-corrected chi connectivity index (χ0v) is 19.9. The van der Waals surface area contributed by atoms with Crippen LogP contribution in [0, 0.1) is 13.8 Å². The van der Waals surface area contributed by atoms with Gasteiger partial charge in [0.15, 0.2) is 5.65 Å². The van der Waals surface area contributed by atoms with E-state index in [4.69, 9.17) is 19.6 Å². The number of para-hydroxylation sites is 1. The minimum atomic E-state index is -0.0488. The van der Waals surface area contributed by atoms with Gasteiger partial charge in [0.05, 0.1) is 31.2 Å². The third-order valence-electron chi connectivity index (χ3n) is 5.24. The van der Waals surface area contributed by atoms with Crippen LogP contribution in [0.4, 0.5) is 0 Å². The van der Waals surface area contributed by atoms with Crippen molar-refractivity contribution in [1.29, 1.82) is 0 Å². The minimum absolute atomic E-state index is 0.0488. The molecule has 2 aromatic carbocycles. The highest BCUT2D eigenvalue weighted by atomic mass is 32.2. The van der Waals surface area contributed by atoms with E-state index in [9.17, 15) is 4.79 Å². The summed E-state index contributed by atoms with van der Waals surface area (Å²) in [5.74, 6) is 1.79. The summed E-state index contributed by atoms with van der Waals surface area (Å²) in [6, 6.07) is 17.4. The first-order valence-electron chi connectivity index (χ1n) is 10.5. The van der Waals surface area contributed by atoms with Gasteiger partial charge < -0.3 is 14.8 Å². The largest absolute Gasteiger partial charge is 0.497 e. The van der Waals surface area contributed by atoms with Gasteiger partial charge in [-0.3, -0.25) is 4.79 Å². The third kappa shape index (κ3) is 4.96. The SMILES string of the molecule is COc1ccc(CNC(=O)CSc2cc(C)nc3c(-c4ccccc4OC)c(C)nn23)cc1. The predicted molar refractivity (Wildman–Crippen MR) is 130 cm³/mol. The molecule has 170 valence electrons. The summed E-state index contributed by atoms with van der Waals surface area (Å²) < 4.78 is 12.5. The van der Waals surface area contributed by atoms with Crippen LogP contribution in [-0.4, -0.2) is 40.5 Å². The zero-order valence-electron chi connectivity index (χ0n) is 19.1. The lowest BCUT2D eigenvalue weighted by atomic mass is 10.1. The molecule has 4 rings (SSSR count). The summed E-state index contributed by atoms with van der Waals surface area (Å²) >= 11 is 1.44. The Hall–Kier alpha value is -3.52. The molecule has 1 N–H and O–H groups in total. The Labute approximate surface area is 197 Å². The second-order valence-electron chi connectivity index (χ2n) is 7.55. The molecule has 0 radical (unpaired) electrons. The highest BCUT2D eigenvalue weighted by molar-refractivity contribution is 7.99. The number of amides is 1. The summed E-state index contributed by atoms with van der Waals surface area (Å²) in [5, 5.41) is 8.55. The molecule has 4 aromatic rings. The molecule has 0 saturated heterocycles. The molecule has 0 saturated carbocycles. The Kier molecular flexibility index (Phi) is 6.84. The number of ether oxygens (including phenoxy) is 2. The van der Waals surface area contributed by atoms with Gasteiger partial charge in [-0.1, -0.05) is 42.1 Å². The Bertz CT molecular complexity index is 1290. The molecule has 0 aliphatic carbocycles. The smallest absolute Gasteiger partial charge is 0.230 e. The van der Waals surface area contributed by atoms with Crippen molar-refractivity contribution in [2.45, 2.75) is 25.4 Å². The van der Waals surface area contributed by atoms with E-state index < -0.39 is 0 Å². The van der Waals surface area contributed by atoms with Crippen LogP contribution in [0.25, 0.3) is 16.8 Å². The Morgan fingerprint density at radius 3 is 2.55 bits per heavy atom. The normalized spacial score (nSPS) is 10.9. The van der Waals surface area contributed by atoms with E-state index in [1.807, 2.05) is 73.0 Å². The number of methoxy groups -OCH3 is 2. The Balaban J connectivity index is 1.53. The highest BCUT2D eigenvalue weighted by Gasteiger charge is 2.19. The molecule has 2 aromatic heterocycles. The molecular weight excluding hydrogens is 436 g/mol. The summed E-state index contributed by atoms with van der Waals surface area (Å²) in [6.45, 7) is 4.37. The van der Waals surface area contributed by atoms with Gasteiger partial charge in [0, 0.05) is 17.8 Å². The van der Waals surface area contributed by atoms with E-state index in [2.05, 4.69) is 5.32 Å². The molecule has 2 heterocycles. The number of nitrogens with zero attached hydrogens (tertiary/aromatic N) is 3. The number of nitrogens with one attached hydrogen (secondary N) is 1. The summed E-state index contributed by atoms with van der Waals surface area (Å²) in [5.41, 5.74) is 5.35. The van der Waals surface area contributed by atoms with Gasteiger partial charge in [0.1, 0.15) is 16.5 Å². The molecule has 0 spiro atoms. The number of aromatic nitrogens is 3. The van der Waals surface area contributed by atoms with Crippen molar-refractivity contribution in [2.75, 3.05) is 20.0 Å². The van der Waals surface area contributed by atoms with E-state index in [-0.39, 0.29) is 11.7 Å². The maximum Gasteiger partial charge on any atom is 0.230 e. The summed E-state index contributed by atoms with van der Waals surface area (Å²) in [7, 11) is 3.29. The molecule has 0 aliphatic heterocycles. The molecular formula is C25H26N4O3S. The lowest BCUT2D eigenvalue weighted by molar-refractivity contribution is -0.118. The van der Waals surface area contributed by atoms with E-state index in [0.717, 1.165) is 50.3 Å². The van der Waals surface area contributed by atoms with Crippen LogP contribution in [0.5, 0.6) is 11.5 Å². The van der Waals surface area contributed by atoms with Crippen LogP contribution in [0.15, 0.2) is 59.6 Å². The van der Waals surface area contributed by atoms with Gasteiger partial charge in [-0.05, 0) is 43.7 Å². The lowest BCUT2D eigenvalue weighted by Crippen LogP contribution is -2.24. The van der Waals surface area contributed by atoms with Gasteiger partial charge in [0.25, 0.3) is 0 Å². The predicted octanol–water partition coefficient (Wildman–Crippen LogP) is 4.44. The van der Waals surface area contributed by atoms with E-state index in [1.165, 1.54) is 11.8 Å². The van der Waals surface area contributed by atoms with Crippen molar-refractivity contribution >= 4 is 23.3 Å². The number of hydrogen-bond donors (Lipinski definition) is 1. The van der Waals surface area contributed by atoms with Crippen molar-refractivity contribution in [1.82, 2.24) is 19.9 Å². The van der Waals surface area contributed by atoms with Gasteiger partial charge in [0.2, 0.25) is 5.91 Å². The van der Waals surface area contributed by atoms with E-state index in [1.54, 1.807) is 14.2 Å². The molecule has 1 amide bonds. The van der Waals surface area contributed by atoms with Crippen molar-refractivity contribution in [3.63, 3.8) is 0 Å². The third-order valence-corrected chi connectivity index (χ3v) is 6.23. The first-order valence-corrected chi connectivity index (χ1v) is 11.5. The summed E-state index contributed by atoms with van der Waals surface area (Å²) in [4.78, 5) is 17.2. The number of aryl methyl sites for hydroxylation is 2. The monoisotopic (exact) mass is 462 g/mol. The van der Waals surface area contributed by atoms with Gasteiger partial charge in [-0.25, -0.2) is 9.50 Å². The first-order chi connectivity index (χ1) is 16.0. The van der Waals surface area contributed by atoms with E-state index >= 15 is 0 Å². The average Bonchev–Trinajstić information content (AvgIpc) is 3.16. The minimum Gasteiger partial charge on any atom is -0.497 e. The zero-order chi connectivity index (χ0) is 23.4. The fraction of sp³-hybridized carbons (Fsp3) is 0.240. The second-order valence-corrected chi connectivity index (χ2v) is 8.54. The first kappa shape index (κ1) is 22.7. The van der Waals surface area contributed by atoms with Gasteiger partial charge >= 0.3 is 0 Å². The number of fused-ring (bicyclic) bond motifs is 1. The van der Waals surface area contributed by atoms with Gasteiger partial charge in [-0.2, -0.15) is 5.10 Å². The fourth-order valence-corrected chi connectivity index (χ4v) is 4.50. The molecule has 0 atom stereocenters. The number of rotatable bonds is 8. The maximum atomic E-state index is 12.5. The lowest BCUT2D eigenvalue weighted by Gasteiger charge is -2.09. The molecule has 0 fully saturated rings. The van der Waals surface area contributed by atoms with Crippen LogP contribution in [0.1, 0.15) is 17.0 Å². The molecule has 0 unspecified atom stereocenters. The van der Waals surface area contributed by atoms with Crippen LogP contribution in [-0.2, 0) is 11.3 Å². The fourth-order valence-electron chi connectivity index (χ4n) is 3.62. The number of benzene rings is 2. The molecule has 33 heavy (non-hydrogen) atoms. The number of thioether (sulfide) groups is 1. The maximum absolute atomic E-state index is 12.5. The molecule has 0 bridgehead atoms. The van der Waals surface area contributed by atoms with Crippen molar-refractivity contribution in [3.05, 3.63) is 71.5 Å². The standard InChI is InChI=1S/C25H26N4O3S/c1-16-13-23(33-15-22(30)26-14-18-9-11-19(31-3)12-10-18)29-25(27-16)24(17(2)28-29)20-7-5-6-8-21(20)32-4/h5-13H,14-15H2,1-4H3,(H,26,30). The number of hydrogen-bond acceptors (Lipinski definition) is 6. The average molecular weight is 463 g/mol. The van der Waals surface area contributed by atoms with Crippen molar-refractivity contribution in [3.8, 4) is 22.6 Å². The topological polar surface area (TPSA) is 77.8 Å². The van der Waals surface area contributed by atoms with Crippen LogP contribution in [0.3, 0.4) is 0 Å². The van der Waals surface area contributed by atoms with Crippen LogP contribution in [0.2, 0.25) is 0 Å². The molecule has 8 heteroatoms. The Morgan fingerprint density at radius 1 is 1.06 bits per heavy atom. The quantitative estimate of drug-likeness (QED) is 0.308. The summed E-state index contributed by atoms with van der Waals surface area (Å²) in [6.07, 6.45) is 0. The second kappa shape index (κ2) is 9.95. The van der Waals surface area contributed by atoms with Crippen LogP contribution >= 0.6 is 11.8 Å². The highest BCUT2D eigenvalue weighted by Crippen LogP contribution is 2.35. The Morgan fingerprint density at radius 2 is 1.82 bits per heavy atom. The van der Waals surface area contributed by atoms with Gasteiger partial charge in [-0.15, -0.1) is 0 Å². The number of carbonyl (C=O) groups is 1.